The third-order valence-electron chi connectivity index (χ3n) is 5.00. The number of amides is 1. The van der Waals surface area contributed by atoms with Crippen molar-refractivity contribution >= 4 is 11.9 Å². The van der Waals surface area contributed by atoms with Gasteiger partial charge >= 0.3 is 0 Å². The summed E-state index contributed by atoms with van der Waals surface area (Å²) in [4.78, 5) is 25.6. The van der Waals surface area contributed by atoms with Gasteiger partial charge in [-0.25, -0.2) is 9.97 Å². The van der Waals surface area contributed by atoms with Gasteiger partial charge in [-0.05, 0) is 31.9 Å². The third kappa shape index (κ3) is 3.11. The molecule has 0 N–H and O–H groups in total. The Balaban J connectivity index is 1.51. The lowest BCUT2D eigenvalue weighted by atomic mass is 9.90. The monoisotopic (exact) mass is 342 g/mol. The lowest BCUT2D eigenvalue weighted by molar-refractivity contribution is -0.105. The molecular formula is C18H22N4O3. The van der Waals surface area contributed by atoms with Gasteiger partial charge in [0.1, 0.15) is 11.4 Å². The van der Waals surface area contributed by atoms with Gasteiger partial charge in [-0.1, -0.05) is 0 Å². The van der Waals surface area contributed by atoms with E-state index in [1.807, 2.05) is 17.9 Å². The van der Waals surface area contributed by atoms with Crippen LogP contribution in [0.3, 0.4) is 0 Å². The van der Waals surface area contributed by atoms with E-state index in [1.54, 1.807) is 24.7 Å². The molecule has 7 nitrogen and oxygen atoms in total. The predicted octanol–water partition coefficient (Wildman–Crippen LogP) is 1.89. The van der Waals surface area contributed by atoms with Crippen molar-refractivity contribution in [2.24, 2.45) is 0 Å². The van der Waals surface area contributed by atoms with Crippen molar-refractivity contribution in [2.45, 2.75) is 25.4 Å². The number of morpholine rings is 1. The van der Waals surface area contributed by atoms with Crippen molar-refractivity contribution in [3.8, 4) is 0 Å². The highest BCUT2D eigenvalue weighted by Crippen LogP contribution is 2.31. The molecule has 1 amide bonds. The topological polar surface area (TPSA) is 71.7 Å². The van der Waals surface area contributed by atoms with E-state index in [2.05, 4.69) is 14.9 Å². The van der Waals surface area contributed by atoms with Crippen molar-refractivity contribution in [1.29, 1.82) is 0 Å². The Morgan fingerprint density at radius 1 is 1.24 bits per heavy atom. The minimum absolute atomic E-state index is 0.0157. The van der Waals surface area contributed by atoms with Crippen LogP contribution in [0, 0.1) is 6.92 Å². The van der Waals surface area contributed by atoms with Gasteiger partial charge in [-0.2, -0.15) is 0 Å². The molecule has 1 unspecified atom stereocenters. The fourth-order valence-electron chi connectivity index (χ4n) is 3.77. The van der Waals surface area contributed by atoms with E-state index < -0.39 is 0 Å². The largest absolute Gasteiger partial charge is 0.469 e. The summed E-state index contributed by atoms with van der Waals surface area (Å²) in [6, 6.07) is 3.55. The Labute approximate surface area is 146 Å². The predicted molar refractivity (Wildman–Crippen MR) is 91.5 cm³/mol. The molecule has 25 heavy (non-hydrogen) atoms. The van der Waals surface area contributed by atoms with Crippen LogP contribution >= 0.6 is 0 Å². The van der Waals surface area contributed by atoms with Gasteiger partial charge in [0, 0.05) is 25.5 Å². The van der Waals surface area contributed by atoms with E-state index in [0.29, 0.717) is 37.6 Å². The maximum absolute atomic E-state index is 12.8. The summed E-state index contributed by atoms with van der Waals surface area (Å²) in [6.07, 6.45) is 7.00. The van der Waals surface area contributed by atoms with Crippen molar-refractivity contribution in [3.63, 3.8) is 0 Å². The number of carbonyl (C=O) groups excluding carboxylic acids is 1. The molecule has 2 saturated heterocycles. The molecule has 0 aliphatic carbocycles. The van der Waals surface area contributed by atoms with Gasteiger partial charge in [0.15, 0.2) is 0 Å². The van der Waals surface area contributed by atoms with E-state index in [1.165, 1.54) is 0 Å². The molecule has 1 spiro atoms. The summed E-state index contributed by atoms with van der Waals surface area (Å²) in [5, 5.41) is 0. The van der Waals surface area contributed by atoms with E-state index in [-0.39, 0.29) is 11.5 Å². The number of aromatic nitrogens is 2. The first kappa shape index (κ1) is 16.1. The van der Waals surface area contributed by atoms with Crippen LogP contribution in [-0.4, -0.2) is 59.2 Å². The second kappa shape index (κ2) is 6.48. The number of aryl methyl sites for hydroxylation is 1. The van der Waals surface area contributed by atoms with Crippen LogP contribution in [0.15, 0.2) is 35.2 Å². The minimum atomic E-state index is -0.358. The molecule has 2 aromatic rings. The average molecular weight is 342 g/mol. The molecule has 0 saturated carbocycles. The molecule has 2 aliphatic rings. The number of nitrogens with zero attached hydrogens (tertiary/aromatic N) is 4. The van der Waals surface area contributed by atoms with Crippen molar-refractivity contribution in [3.05, 3.63) is 42.1 Å². The minimum Gasteiger partial charge on any atom is -0.469 e. The van der Waals surface area contributed by atoms with Crippen LogP contribution in [0.25, 0.3) is 0 Å². The zero-order valence-corrected chi connectivity index (χ0v) is 14.4. The van der Waals surface area contributed by atoms with Crippen molar-refractivity contribution < 1.29 is 13.9 Å². The molecule has 4 heterocycles. The van der Waals surface area contributed by atoms with E-state index in [9.17, 15) is 4.79 Å². The van der Waals surface area contributed by atoms with Gasteiger partial charge in [0.25, 0.3) is 5.91 Å². The number of hydrogen-bond donors (Lipinski definition) is 0. The van der Waals surface area contributed by atoms with Crippen LogP contribution in [0.1, 0.15) is 29.0 Å². The molecule has 2 fully saturated rings. The van der Waals surface area contributed by atoms with Crippen molar-refractivity contribution in [1.82, 2.24) is 14.9 Å². The molecule has 0 aromatic carbocycles. The van der Waals surface area contributed by atoms with Gasteiger partial charge in [0.2, 0.25) is 5.95 Å². The highest BCUT2D eigenvalue weighted by atomic mass is 16.5. The van der Waals surface area contributed by atoms with Gasteiger partial charge in [-0.15, -0.1) is 0 Å². The highest BCUT2D eigenvalue weighted by molar-refractivity contribution is 5.95. The Bertz CT molecular complexity index is 744. The van der Waals surface area contributed by atoms with E-state index >= 15 is 0 Å². The van der Waals surface area contributed by atoms with Gasteiger partial charge in [0.05, 0.1) is 31.5 Å². The van der Waals surface area contributed by atoms with Gasteiger partial charge in [-0.3, -0.25) is 4.79 Å². The van der Waals surface area contributed by atoms with Gasteiger partial charge < -0.3 is 19.0 Å². The standard InChI is InChI=1S/C18H22N4O3/c1-14-15(4-10-24-14)16(23)21-9-11-25-18(12-21)5-2-8-22(13-18)17-19-6-3-7-20-17/h3-4,6-7,10H,2,5,8-9,11-13H2,1H3. The number of hydrogen-bond acceptors (Lipinski definition) is 6. The molecule has 0 bridgehead atoms. The summed E-state index contributed by atoms with van der Waals surface area (Å²) < 4.78 is 11.5. The lowest BCUT2D eigenvalue weighted by Gasteiger charge is -2.48. The Morgan fingerprint density at radius 3 is 2.84 bits per heavy atom. The Hall–Kier alpha value is -2.41. The molecule has 0 radical (unpaired) electrons. The van der Waals surface area contributed by atoms with Crippen LogP contribution in [0.4, 0.5) is 5.95 Å². The smallest absolute Gasteiger partial charge is 0.257 e. The lowest BCUT2D eigenvalue weighted by Crippen LogP contribution is -2.61. The van der Waals surface area contributed by atoms with Crippen LogP contribution in [0.5, 0.6) is 0 Å². The number of ether oxygens (including phenoxy) is 1. The van der Waals surface area contributed by atoms with Crippen LogP contribution in [-0.2, 0) is 4.74 Å². The molecule has 7 heteroatoms. The van der Waals surface area contributed by atoms with Crippen molar-refractivity contribution in [2.75, 3.05) is 37.7 Å². The Kier molecular flexibility index (Phi) is 4.17. The molecule has 2 aliphatic heterocycles. The summed E-state index contributed by atoms with van der Waals surface area (Å²) in [6.45, 7) is 5.16. The summed E-state index contributed by atoms with van der Waals surface area (Å²) >= 11 is 0. The average Bonchev–Trinajstić information content (AvgIpc) is 3.08. The number of piperidine rings is 1. The second-order valence-corrected chi connectivity index (χ2v) is 6.72. The zero-order valence-electron chi connectivity index (χ0n) is 14.4. The molecule has 4 rings (SSSR count). The maximum Gasteiger partial charge on any atom is 0.257 e. The van der Waals surface area contributed by atoms with Crippen LogP contribution in [0.2, 0.25) is 0 Å². The molecule has 132 valence electrons. The molecule has 1 atom stereocenters. The van der Waals surface area contributed by atoms with Crippen LogP contribution < -0.4 is 4.90 Å². The summed E-state index contributed by atoms with van der Waals surface area (Å²) in [5.74, 6) is 1.40. The molecule has 2 aromatic heterocycles. The zero-order chi connectivity index (χ0) is 17.3. The Morgan fingerprint density at radius 2 is 2.08 bits per heavy atom. The number of carbonyl (C=O) groups is 1. The third-order valence-corrected chi connectivity index (χ3v) is 5.00. The second-order valence-electron chi connectivity index (χ2n) is 6.72. The van der Waals surface area contributed by atoms with E-state index in [4.69, 9.17) is 9.15 Å². The number of anilines is 1. The molecular weight excluding hydrogens is 320 g/mol. The first-order valence-corrected chi connectivity index (χ1v) is 8.66. The summed E-state index contributed by atoms with van der Waals surface area (Å²) in [5.41, 5.74) is 0.277. The fraction of sp³-hybridized carbons (Fsp3) is 0.500. The fourth-order valence-corrected chi connectivity index (χ4v) is 3.77. The highest BCUT2D eigenvalue weighted by Gasteiger charge is 2.42. The first-order chi connectivity index (χ1) is 12.2. The SMILES string of the molecule is Cc1occc1C(=O)N1CCOC2(CCCN(c3ncccn3)C2)C1. The number of furan rings is 1. The number of rotatable bonds is 2. The first-order valence-electron chi connectivity index (χ1n) is 8.66. The maximum atomic E-state index is 12.8. The summed E-state index contributed by atoms with van der Waals surface area (Å²) in [7, 11) is 0. The quantitative estimate of drug-likeness (QED) is 0.830. The van der Waals surface area contributed by atoms with E-state index in [0.717, 1.165) is 25.3 Å². The normalized spacial score (nSPS) is 23.9.